The van der Waals surface area contributed by atoms with Crippen molar-refractivity contribution < 1.29 is 15.0 Å². The fourth-order valence-electron chi connectivity index (χ4n) is 1.11. The molecule has 0 bridgehead atoms. The number of carbonyl (C=O) groups is 1. The first-order valence-corrected chi connectivity index (χ1v) is 5.11. The van der Waals surface area contributed by atoms with Crippen molar-refractivity contribution in [3.05, 3.63) is 21.9 Å². The predicted molar refractivity (Wildman–Crippen MR) is 54.3 cm³/mol. The van der Waals surface area contributed by atoms with Gasteiger partial charge in [-0.1, -0.05) is 0 Å². The summed E-state index contributed by atoms with van der Waals surface area (Å²) in [5.74, 6) is 0. The molecule has 0 aliphatic heterocycles. The summed E-state index contributed by atoms with van der Waals surface area (Å²) in [4.78, 5) is 11.5. The van der Waals surface area contributed by atoms with Gasteiger partial charge in [0, 0.05) is 4.88 Å². The van der Waals surface area contributed by atoms with Crippen molar-refractivity contribution >= 4 is 17.6 Å². The lowest BCUT2D eigenvalue weighted by Crippen LogP contribution is -2.20. The van der Waals surface area contributed by atoms with Gasteiger partial charge in [-0.15, -0.1) is 11.3 Å². The van der Waals surface area contributed by atoms with Crippen LogP contribution in [0, 0.1) is 0 Å². The standard InChI is InChI=1S/C9H13NO3S/c10-4-3-7(12)9(13)8-2-1-6(5-11)14-8/h1-2,5,7,9,12-13H,3-4,10H2. The van der Waals surface area contributed by atoms with Gasteiger partial charge in [0.05, 0.1) is 11.0 Å². The van der Waals surface area contributed by atoms with Gasteiger partial charge in [-0.3, -0.25) is 4.79 Å². The zero-order valence-corrected chi connectivity index (χ0v) is 8.41. The minimum absolute atomic E-state index is 0.324. The van der Waals surface area contributed by atoms with E-state index in [0.29, 0.717) is 22.7 Å². The Labute approximate surface area is 86.0 Å². The molecule has 1 rings (SSSR count). The van der Waals surface area contributed by atoms with Crippen LogP contribution in [-0.4, -0.2) is 29.1 Å². The number of hydrogen-bond donors (Lipinski definition) is 3. The summed E-state index contributed by atoms with van der Waals surface area (Å²) >= 11 is 1.18. The highest BCUT2D eigenvalue weighted by atomic mass is 32.1. The predicted octanol–water partition coefficient (Wildman–Crippen LogP) is 0.304. The second-order valence-corrected chi connectivity index (χ2v) is 4.09. The summed E-state index contributed by atoms with van der Waals surface area (Å²) in [5, 5.41) is 19.1. The minimum atomic E-state index is -0.947. The maximum absolute atomic E-state index is 10.4. The molecule has 0 fully saturated rings. The molecule has 1 aromatic rings. The smallest absolute Gasteiger partial charge is 0.160 e. The van der Waals surface area contributed by atoms with Gasteiger partial charge >= 0.3 is 0 Å². The van der Waals surface area contributed by atoms with Crippen molar-refractivity contribution in [3.63, 3.8) is 0 Å². The van der Waals surface area contributed by atoms with E-state index in [0.717, 1.165) is 6.29 Å². The Morgan fingerprint density at radius 3 is 2.71 bits per heavy atom. The Bertz CT molecular complexity index is 300. The van der Waals surface area contributed by atoms with E-state index in [1.807, 2.05) is 0 Å². The lowest BCUT2D eigenvalue weighted by molar-refractivity contribution is 0.0171. The van der Waals surface area contributed by atoms with Crippen LogP contribution in [0.25, 0.3) is 0 Å². The number of aliphatic hydroxyl groups is 2. The normalized spacial score (nSPS) is 15.1. The number of rotatable bonds is 5. The lowest BCUT2D eigenvalue weighted by Gasteiger charge is -2.15. The zero-order valence-electron chi connectivity index (χ0n) is 7.59. The summed E-state index contributed by atoms with van der Waals surface area (Å²) in [7, 11) is 0. The number of hydrogen-bond acceptors (Lipinski definition) is 5. The second kappa shape index (κ2) is 5.21. The van der Waals surface area contributed by atoms with Crippen LogP contribution < -0.4 is 5.73 Å². The van der Waals surface area contributed by atoms with Crippen LogP contribution in [0.2, 0.25) is 0 Å². The summed E-state index contributed by atoms with van der Waals surface area (Å²) in [6.45, 7) is 0.324. The highest BCUT2D eigenvalue weighted by Crippen LogP contribution is 2.25. The summed E-state index contributed by atoms with van der Waals surface area (Å²) < 4.78 is 0. The first kappa shape index (κ1) is 11.3. The first-order valence-electron chi connectivity index (χ1n) is 4.30. The fraction of sp³-hybridized carbons (Fsp3) is 0.444. The molecule has 0 aromatic carbocycles. The molecule has 1 heterocycles. The van der Waals surface area contributed by atoms with Crippen molar-refractivity contribution in [1.29, 1.82) is 0 Å². The molecule has 2 atom stereocenters. The zero-order chi connectivity index (χ0) is 10.6. The van der Waals surface area contributed by atoms with Crippen LogP contribution in [0.15, 0.2) is 12.1 Å². The Morgan fingerprint density at radius 2 is 2.21 bits per heavy atom. The third-order valence-electron chi connectivity index (χ3n) is 1.88. The van der Waals surface area contributed by atoms with Gasteiger partial charge in [-0.05, 0) is 25.1 Å². The minimum Gasteiger partial charge on any atom is -0.390 e. The van der Waals surface area contributed by atoms with Crippen LogP contribution in [0.1, 0.15) is 27.1 Å². The second-order valence-electron chi connectivity index (χ2n) is 2.95. The van der Waals surface area contributed by atoms with E-state index < -0.39 is 12.2 Å². The molecular weight excluding hydrogens is 202 g/mol. The summed E-state index contributed by atoms with van der Waals surface area (Å²) in [5.41, 5.74) is 5.25. The van der Waals surface area contributed by atoms with E-state index in [1.54, 1.807) is 12.1 Å². The van der Waals surface area contributed by atoms with Gasteiger partial charge in [0.1, 0.15) is 6.10 Å². The number of thiophene rings is 1. The molecule has 14 heavy (non-hydrogen) atoms. The molecule has 0 radical (unpaired) electrons. The van der Waals surface area contributed by atoms with Crippen molar-refractivity contribution in [2.24, 2.45) is 5.73 Å². The Hall–Kier alpha value is -0.750. The van der Waals surface area contributed by atoms with Crippen LogP contribution in [-0.2, 0) is 0 Å². The van der Waals surface area contributed by atoms with Crippen molar-refractivity contribution in [3.8, 4) is 0 Å². The topological polar surface area (TPSA) is 83.6 Å². The van der Waals surface area contributed by atoms with E-state index in [9.17, 15) is 15.0 Å². The summed E-state index contributed by atoms with van der Waals surface area (Å²) in [6, 6.07) is 3.25. The molecular formula is C9H13NO3S. The van der Waals surface area contributed by atoms with Gasteiger partial charge in [0.25, 0.3) is 0 Å². The molecule has 4 N–H and O–H groups in total. The van der Waals surface area contributed by atoms with E-state index >= 15 is 0 Å². The molecule has 0 amide bonds. The van der Waals surface area contributed by atoms with Gasteiger partial charge in [0.15, 0.2) is 6.29 Å². The van der Waals surface area contributed by atoms with Crippen molar-refractivity contribution in [2.75, 3.05) is 6.54 Å². The Kier molecular flexibility index (Phi) is 4.21. The maximum Gasteiger partial charge on any atom is 0.160 e. The molecule has 78 valence electrons. The van der Waals surface area contributed by atoms with Gasteiger partial charge in [0.2, 0.25) is 0 Å². The van der Waals surface area contributed by atoms with Crippen LogP contribution in [0.5, 0.6) is 0 Å². The number of aldehydes is 1. The number of carbonyl (C=O) groups excluding carboxylic acids is 1. The van der Waals surface area contributed by atoms with E-state index in [-0.39, 0.29) is 0 Å². The van der Waals surface area contributed by atoms with E-state index in [1.165, 1.54) is 11.3 Å². The average molecular weight is 215 g/mol. The number of aliphatic hydroxyl groups excluding tert-OH is 2. The van der Waals surface area contributed by atoms with E-state index in [4.69, 9.17) is 5.73 Å². The molecule has 4 nitrogen and oxygen atoms in total. The molecule has 0 saturated heterocycles. The first-order chi connectivity index (χ1) is 6.69. The molecule has 5 heteroatoms. The quantitative estimate of drug-likeness (QED) is 0.617. The van der Waals surface area contributed by atoms with Crippen LogP contribution >= 0.6 is 11.3 Å². The average Bonchev–Trinajstić information content (AvgIpc) is 2.65. The number of nitrogens with two attached hydrogens (primary N) is 1. The maximum atomic E-state index is 10.4. The highest BCUT2D eigenvalue weighted by Gasteiger charge is 2.19. The lowest BCUT2D eigenvalue weighted by atomic mass is 10.1. The molecule has 0 saturated carbocycles. The Morgan fingerprint density at radius 1 is 1.50 bits per heavy atom. The third kappa shape index (κ3) is 2.62. The SMILES string of the molecule is NCCC(O)C(O)c1ccc(C=O)s1. The molecule has 0 aliphatic carbocycles. The van der Waals surface area contributed by atoms with Gasteiger partial charge in [-0.2, -0.15) is 0 Å². The summed E-state index contributed by atoms with van der Waals surface area (Å²) in [6.07, 6.45) is -0.749. The van der Waals surface area contributed by atoms with Crippen molar-refractivity contribution in [1.82, 2.24) is 0 Å². The van der Waals surface area contributed by atoms with Crippen molar-refractivity contribution in [2.45, 2.75) is 18.6 Å². The van der Waals surface area contributed by atoms with E-state index in [2.05, 4.69) is 0 Å². The van der Waals surface area contributed by atoms with Gasteiger partial charge in [-0.25, -0.2) is 0 Å². The highest BCUT2D eigenvalue weighted by molar-refractivity contribution is 7.13. The third-order valence-corrected chi connectivity index (χ3v) is 2.96. The largest absolute Gasteiger partial charge is 0.390 e. The molecule has 1 aromatic heterocycles. The Balaban J connectivity index is 2.67. The molecule has 2 unspecified atom stereocenters. The fourth-order valence-corrected chi connectivity index (χ4v) is 1.98. The van der Waals surface area contributed by atoms with Crippen LogP contribution in [0.4, 0.5) is 0 Å². The van der Waals surface area contributed by atoms with Gasteiger partial charge < -0.3 is 15.9 Å². The van der Waals surface area contributed by atoms with Crippen LogP contribution in [0.3, 0.4) is 0 Å². The monoisotopic (exact) mass is 215 g/mol. The molecule has 0 spiro atoms. The molecule has 0 aliphatic rings.